The summed E-state index contributed by atoms with van der Waals surface area (Å²) in [6, 6.07) is 45.2. The minimum atomic E-state index is -0.142. The summed E-state index contributed by atoms with van der Waals surface area (Å²) in [5.74, 6) is 0. The van der Waals surface area contributed by atoms with E-state index in [1.54, 1.807) is 24.3 Å². The maximum atomic E-state index is 8.60. The minimum Gasteiger partial charge on any atom is -0.398 e. The first-order valence-electron chi connectivity index (χ1n) is 17.9. The summed E-state index contributed by atoms with van der Waals surface area (Å²) >= 11 is 1.91. The third-order valence-electron chi connectivity index (χ3n) is 10.4. The van der Waals surface area contributed by atoms with E-state index in [1.807, 2.05) is 35.6 Å². The van der Waals surface area contributed by atoms with Gasteiger partial charge in [0.1, 0.15) is 0 Å². The van der Waals surface area contributed by atoms with Crippen LogP contribution in [-0.2, 0) is 5.41 Å². The van der Waals surface area contributed by atoms with Crippen LogP contribution in [0, 0.1) is 12.3 Å². The van der Waals surface area contributed by atoms with Crippen LogP contribution in [0.2, 0.25) is 0 Å². The molecule has 0 radical (unpaired) electrons. The van der Waals surface area contributed by atoms with E-state index in [4.69, 9.17) is 11.1 Å². The summed E-state index contributed by atoms with van der Waals surface area (Å²) in [6.45, 7) is 14.5. The number of aryl methyl sites for hydroxylation is 1. The van der Waals surface area contributed by atoms with Gasteiger partial charge in [0, 0.05) is 47.7 Å². The Labute approximate surface area is 314 Å². The number of nitrogens with two attached hydrogens (primary N) is 1. The van der Waals surface area contributed by atoms with Crippen molar-refractivity contribution in [2.45, 2.75) is 26.2 Å². The van der Waals surface area contributed by atoms with Gasteiger partial charge >= 0.3 is 0 Å². The maximum absolute atomic E-state index is 8.60. The molecule has 3 N–H and O–H groups in total. The highest BCUT2D eigenvalue weighted by atomic mass is 32.1. The van der Waals surface area contributed by atoms with Crippen molar-refractivity contribution in [3.8, 4) is 16.8 Å². The molecule has 2 heterocycles. The molecule has 0 saturated carbocycles. The van der Waals surface area contributed by atoms with E-state index in [1.165, 1.54) is 64.3 Å². The number of allylic oxidation sites excluding steroid dienone is 5. The molecule has 53 heavy (non-hydrogen) atoms. The largest absolute Gasteiger partial charge is 0.398 e. The van der Waals surface area contributed by atoms with E-state index >= 15 is 0 Å². The van der Waals surface area contributed by atoms with Crippen molar-refractivity contribution < 1.29 is 0 Å². The van der Waals surface area contributed by atoms with Crippen molar-refractivity contribution in [1.82, 2.24) is 4.57 Å². The zero-order valence-corrected chi connectivity index (χ0v) is 31.1. The van der Waals surface area contributed by atoms with Gasteiger partial charge in [-0.3, -0.25) is 0 Å². The lowest BCUT2D eigenvalue weighted by Gasteiger charge is -2.22. The van der Waals surface area contributed by atoms with Gasteiger partial charge < -0.3 is 15.7 Å². The zero-order valence-electron chi connectivity index (χ0n) is 30.3. The van der Waals surface area contributed by atoms with Crippen LogP contribution in [0.1, 0.15) is 36.1 Å². The topological polar surface area (TPSA) is 54.8 Å². The number of benzene rings is 6. The van der Waals surface area contributed by atoms with Crippen molar-refractivity contribution in [3.63, 3.8) is 0 Å². The highest BCUT2D eigenvalue weighted by Crippen LogP contribution is 2.58. The normalized spacial score (nSPS) is 13.5. The van der Waals surface area contributed by atoms with Gasteiger partial charge in [-0.1, -0.05) is 154 Å². The minimum absolute atomic E-state index is 0.142. The Morgan fingerprint density at radius 3 is 2.23 bits per heavy atom. The van der Waals surface area contributed by atoms with Crippen LogP contribution in [0.15, 0.2) is 170 Å². The molecule has 0 fully saturated rings. The summed E-state index contributed by atoms with van der Waals surface area (Å²) in [5.41, 5.74) is 19.0. The fourth-order valence-corrected chi connectivity index (χ4v) is 9.43. The van der Waals surface area contributed by atoms with Gasteiger partial charge in [-0.05, 0) is 70.7 Å². The predicted octanol–water partition coefficient (Wildman–Crippen LogP) is 13.1. The van der Waals surface area contributed by atoms with Gasteiger partial charge in [0.2, 0.25) is 0 Å². The first kappa shape index (κ1) is 33.9. The Balaban J connectivity index is 0.000000515. The van der Waals surface area contributed by atoms with Crippen LogP contribution in [0.25, 0.3) is 64.5 Å². The molecule has 0 saturated heterocycles. The Kier molecular flexibility index (Phi) is 8.56. The smallest absolute Gasteiger partial charge is 0.0640 e. The third kappa shape index (κ3) is 5.54. The number of fused-ring (bicyclic) bond motifs is 12. The van der Waals surface area contributed by atoms with Crippen LogP contribution >= 0.6 is 11.3 Å². The molecule has 3 nitrogen and oxygen atoms in total. The fraction of sp³-hybridized carbons (Fsp3) is 0.0816. The standard InChI is InChI=1S/C42H33N3S.C7H8/c1-5-14-25(6-2)32(43)24-33(44)26-15-13-16-27(23-26)45-34-21-11-8-18-29(34)37-36-28-17-7-10-20-31(28)42(3,4)39(36)41-38(40(37)45)30-19-9-12-22-35(30)46-41;1-7-5-3-2-4-6-7/h5-24,43H,1-2,44H2,3-4H3;2-6H,1H3/b25-14+,33-24-,43-32?;. The first-order chi connectivity index (χ1) is 25.7. The molecule has 8 aromatic rings. The number of hydrogen-bond donors (Lipinski definition) is 2. The van der Waals surface area contributed by atoms with E-state index in [-0.39, 0.29) is 11.1 Å². The maximum Gasteiger partial charge on any atom is 0.0640 e. The first-order valence-corrected chi connectivity index (χ1v) is 18.7. The van der Waals surface area contributed by atoms with Gasteiger partial charge in [0.05, 0.1) is 16.7 Å². The number of nitrogens with one attached hydrogen (secondary N) is 1. The Morgan fingerprint density at radius 2 is 1.49 bits per heavy atom. The van der Waals surface area contributed by atoms with E-state index in [9.17, 15) is 0 Å². The Bertz CT molecular complexity index is 2820. The molecule has 9 rings (SSSR count). The molecule has 1 aliphatic carbocycles. The van der Waals surface area contributed by atoms with Crippen LogP contribution in [0.4, 0.5) is 0 Å². The lowest BCUT2D eigenvalue weighted by molar-refractivity contribution is 0.667. The number of aromatic nitrogens is 1. The SMILES string of the molecule is C=C/C=C(\C=C)C(=N)/C=C(\N)c1cccc(-n2c3ccccc3c3c4c(c5sc6ccccc6c5c32)C(C)(C)c2ccccc2-4)c1.Cc1ccccc1. The molecule has 4 heteroatoms. The van der Waals surface area contributed by atoms with Crippen molar-refractivity contribution in [3.05, 3.63) is 193 Å². The summed E-state index contributed by atoms with van der Waals surface area (Å²) in [6.07, 6.45) is 6.76. The average molecular weight is 704 g/mol. The molecule has 0 amide bonds. The molecule has 0 unspecified atom stereocenters. The van der Waals surface area contributed by atoms with E-state index < -0.39 is 0 Å². The van der Waals surface area contributed by atoms with E-state index in [0.717, 1.165) is 16.8 Å². The molecule has 6 aromatic carbocycles. The van der Waals surface area contributed by atoms with Gasteiger partial charge in [-0.2, -0.15) is 0 Å². The quantitative estimate of drug-likeness (QED) is 0.131. The molecule has 0 atom stereocenters. The van der Waals surface area contributed by atoms with Crippen LogP contribution in [0.3, 0.4) is 0 Å². The van der Waals surface area contributed by atoms with E-state index in [2.05, 4.69) is 142 Å². The Hall–Kier alpha value is -6.23. The van der Waals surface area contributed by atoms with Gasteiger partial charge in [0.15, 0.2) is 0 Å². The lowest BCUT2D eigenvalue weighted by atomic mass is 9.81. The second-order valence-electron chi connectivity index (χ2n) is 14.1. The highest BCUT2D eigenvalue weighted by molar-refractivity contribution is 7.26. The molecule has 1 aliphatic rings. The Morgan fingerprint density at radius 1 is 0.792 bits per heavy atom. The predicted molar refractivity (Wildman–Crippen MR) is 231 cm³/mol. The summed E-state index contributed by atoms with van der Waals surface area (Å²) in [4.78, 5) is 0. The number of thiophene rings is 1. The van der Waals surface area contributed by atoms with E-state index in [0.29, 0.717) is 11.3 Å². The monoisotopic (exact) mass is 703 g/mol. The molecular weight excluding hydrogens is 663 g/mol. The zero-order chi connectivity index (χ0) is 36.9. The van der Waals surface area contributed by atoms with Crippen LogP contribution in [-0.4, -0.2) is 10.3 Å². The highest BCUT2D eigenvalue weighted by Gasteiger charge is 2.40. The lowest BCUT2D eigenvalue weighted by Crippen LogP contribution is -2.15. The van der Waals surface area contributed by atoms with Crippen molar-refractivity contribution in [1.29, 1.82) is 5.41 Å². The van der Waals surface area contributed by atoms with Crippen molar-refractivity contribution in [2.24, 2.45) is 5.73 Å². The van der Waals surface area contributed by atoms with Crippen molar-refractivity contribution >= 4 is 64.7 Å². The van der Waals surface area contributed by atoms with Gasteiger partial charge in [0.25, 0.3) is 0 Å². The molecular formula is C49H41N3S. The molecule has 0 spiro atoms. The molecule has 0 aliphatic heterocycles. The average Bonchev–Trinajstić information content (AvgIpc) is 3.80. The number of rotatable bonds is 6. The molecule has 2 aromatic heterocycles. The van der Waals surface area contributed by atoms with Gasteiger partial charge in [-0.25, -0.2) is 0 Å². The third-order valence-corrected chi connectivity index (χ3v) is 11.6. The number of hydrogen-bond acceptors (Lipinski definition) is 3. The summed E-state index contributed by atoms with van der Waals surface area (Å²) in [7, 11) is 0. The second kappa shape index (κ2) is 13.4. The molecule has 258 valence electrons. The molecule has 0 bridgehead atoms. The second-order valence-corrected chi connectivity index (χ2v) is 15.1. The summed E-state index contributed by atoms with van der Waals surface area (Å²) in [5, 5.41) is 13.7. The number of nitrogens with zero attached hydrogens (tertiary/aromatic N) is 1. The summed E-state index contributed by atoms with van der Waals surface area (Å²) < 4.78 is 5.07. The van der Waals surface area contributed by atoms with Gasteiger partial charge in [-0.15, -0.1) is 11.3 Å². The fourth-order valence-electron chi connectivity index (χ4n) is 8.02. The van der Waals surface area contributed by atoms with Crippen molar-refractivity contribution in [2.75, 3.05) is 0 Å². The van der Waals surface area contributed by atoms with Crippen LogP contribution in [0.5, 0.6) is 0 Å². The van der Waals surface area contributed by atoms with Crippen LogP contribution < -0.4 is 5.73 Å². The number of para-hydroxylation sites is 1.